The maximum atomic E-state index is 10.4. The van der Waals surface area contributed by atoms with Crippen LogP contribution in [0.15, 0.2) is 36.8 Å². The van der Waals surface area contributed by atoms with Gasteiger partial charge in [0.25, 0.3) is 0 Å². The van der Waals surface area contributed by atoms with E-state index in [9.17, 15) is 5.11 Å². The minimum absolute atomic E-state index is 0. The van der Waals surface area contributed by atoms with Crippen molar-refractivity contribution in [3.63, 3.8) is 0 Å². The van der Waals surface area contributed by atoms with E-state index in [2.05, 4.69) is 35.6 Å². The molecule has 2 aromatic heterocycles. The molecule has 0 bridgehead atoms. The molecule has 1 spiro atoms. The van der Waals surface area contributed by atoms with Crippen molar-refractivity contribution in [2.24, 2.45) is 5.41 Å². The maximum absolute atomic E-state index is 10.4. The van der Waals surface area contributed by atoms with Gasteiger partial charge >= 0.3 is 0 Å². The molecule has 2 aliphatic rings. The first-order chi connectivity index (χ1) is 13.7. The second-order valence-corrected chi connectivity index (χ2v) is 7.78. The van der Waals surface area contributed by atoms with Gasteiger partial charge in [0.2, 0.25) is 5.95 Å². The van der Waals surface area contributed by atoms with Gasteiger partial charge in [-0.25, -0.2) is 4.98 Å². The monoisotopic (exact) mass is 449 g/mol. The lowest BCUT2D eigenvalue weighted by atomic mass is 9.78. The zero-order chi connectivity index (χ0) is 19.0. The summed E-state index contributed by atoms with van der Waals surface area (Å²) in [6, 6.07) is 5.46. The number of benzene rings is 1. The molecule has 0 amide bonds. The van der Waals surface area contributed by atoms with Crippen molar-refractivity contribution < 1.29 is 5.11 Å². The minimum atomic E-state index is 0. The summed E-state index contributed by atoms with van der Waals surface area (Å²) in [6.45, 7) is 4.20. The van der Waals surface area contributed by atoms with Crippen LogP contribution in [0.5, 0.6) is 5.75 Å². The average Bonchev–Trinajstić information content (AvgIpc) is 3.42. The lowest BCUT2D eigenvalue weighted by Crippen LogP contribution is -2.42. The van der Waals surface area contributed by atoms with Crippen LogP contribution in [-0.4, -0.2) is 56.7 Å². The smallest absolute Gasteiger partial charge is 0.245 e. The summed E-state index contributed by atoms with van der Waals surface area (Å²) >= 11 is 0. The van der Waals surface area contributed by atoms with E-state index in [1.165, 1.54) is 19.3 Å². The third-order valence-electron chi connectivity index (χ3n) is 6.09. The predicted octanol–water partition coefficient (Wildman–Crippen LogP) is 3.06. The first kappa shape index (κ1) is 22.3. The molecule has 3 aromatic rings. The fourth-order valence-electron chi connectivity index (χ4n) is 4.28. The van der Waals surface area contributed by atoms with E-state index in [1.54, 1.807) is 24.7 Å². The summed E-state index contributed by atoms with van der Waals surface area (Å²) in [5.74, 6) is 0.815. The number of aromatic nitrogens is 5. The Labute approximate surface area is 187 Å². The van der Waals surface area contributed by atoms with Crippen LogP contribution in [0.1, 0.15) is 19.3 Å². The topological polar surface area (TPSA) is 103 Å². The number of piperidine rings is 1. The van der Waals surface area contributed by atoms with Crippen molar-refractivity contribution in [2.75, 3.05) is 31.1 Å². The summed E-state index contributed by atoms with van der Waals surface area (Å²) in [7, 11) is 0. The normalized spacial score (nSPS) is 17.4. The Hall–Kier alpha value is -2.42. The molecule has 2 fully saturated rings. The third-order valence-corrected chi connectivity index (χ3v) is 6.09. The Morgan fingerprint density at radius 1 is 1.00 bits per heavy atom. The van der Waals surface area contributed by atoms with Crippen LogP contribution in [0.25, 0.3) is 22.4 Å². The third kappa shape index (κ3) is 4.21. The number of nitrogens with one attached hydrogen (secondary N) is 2. The number of hydrogen-bond donors (Lipinski definition) is 3. The van der Waals surface area contributed by atoms with Gasteiger partial charge in [-0.2, -0.15) is 5.10 Å². The van der Waals surface area contributed by atoms with Crippen LogP contribution in [0.2, 0.25) is 0 Å². The summed E-state index contributed by atoms with van der Waals surface area (Å²) in [5, 5.41) is 29.3. The van der Waals surface area contributed by atoms with Crippen molar-refractivity contribution in [3.05, 3.63) is 36.8 Å². The molecule has 8 nitrogen and oxygen atoms in total. The second-order valence-electron chi connectivity index (χ2n) is 7.78. The molecule has 2 saturated heterocycles. The van der Waals surface area contributed by atoms with Crippen molar-refractivity contribution in [1.82, 2.24) is 30.7 Å². The van der Waals surface area contributed by atoms with Crippen LogP contribution >= 0.6 is 24.8 Å². The SMILES string of the molecule is Cl.Cl.Oc1cc(-c2cn[nH]c2)ccc1-c1cnc(N2CCC3(CCNC3)CC2)nn1. The zero-order valence-electron chi connectivity index (χ0n) is 16.4. The Kier molecular flexibility index (Phi) is 6.80. The van der Waals surface area contributed by atoms with Gasteiger partial charge in [-0.15, -0.1) is 35.0 Å². The average molecular weight is 450 g/mol. The number of aromatic amines is 1. The number of hydrogen-bond acceptors (Lipinski definition) is 7. The number of phenols is 1. The lowest BCUT2D eigenvalue weighted by molar-refractivity contribution is 0.246. The van der Waals surface area contributed by atoms with E-state index in [1.807, 2.05) is 12.1 Å². The Morgan fingerprint density at radius 3 is 2.43 bits per heavy atom. The standard InChI is InChI=1S/C20H23N7O.2ClH/c28-18-9-14(15-10-23-24-11-15)1-2-16(18)17-12-22-19(26-25-17)27-7-4-20(5-8-27)3-6-21-13-20;;/h1-2,9-12,21,28H,3-8,13H2,(H,23,24);2*1H. The van der Waals surface area contributed by atoms with Gasteiger partial charge in [0.1, 0.15) is 11.4 Å². The number of nitrogens with zero attached hydrogens (tertiary/aromatic N) is 5. The molecule has 0 radical (unpaired) electrons. The summed E-state index contributed by atoms with van der Waals surface area (Å²) in [5.41, 5.74) is 3.45. The molecule has 10 heteroatoms. The fraction of sp³-hybridized carbons (Fsp3) is 0.400. The molecule has 160 valence electrons. The number of halogens is 2. The summed E-state index contributed by atoms with van der Waals surface area (Å²) in [4.78, 5) is 6.73. The van der Waals surface area contributed by atoms with Crippen LogP contribution in [0.4, 0.5) is 5.95 Å². The lowest BCUT2D eigenvalue weighted by Gasteiger charge is -2.38. The summed E-state index contributed by atoms with van der Waals surface area (Å²) < 4.78 is 0. The summed E-state index contributed by atoms with van der Waals surface area (Å²) in [6.07, 6.45) is 8.80. The minimum Gasteiger partial charge on any atom is -0.507 e. The molecule has 30 heavy (non-hydrogen) atoms. The first-order valence-corrected chi connectivity index (χ1v) is 9.70. The van der Waals surface area contributed by atoms with Crippen molar-refractivity contribution in [1.29, 1.82) is 0 Å². The highest BCUT2D eigenvalue weighted by atomic mass is 35.5. The number of aromatic hydroxyl groups is 1. The number of phenolic OH excluding ortho intramolecular Hbond substituents is 1. The first-order valence-electron chi connectivity index (χ1n) is 9.70. The van der Waals surface area contributed by atoms with Crippen molar-refractivity contribution >= 4 is 30.8 Å². The van der Waals surface area contributed by atoms with Gasteiger partial charge in [-0.3, -0.25) is 5.10 Å². The Bertz CT molecular complexity index is 950. The van der Waals surface area contributed by atoms with E-state index < -0.39 is 0 Å². The second kappa shape index (κ2) is 9.16. The Morgan fingerprint density at radius 2 is 1.83 bits per heavy atom. The van der Waals surface area contributed by atoms with E-state index in [-0.39, 0.29) is 30.6 Å². The molecular weight excluding hydrogens is 425 g/mol. The van der Waals surface area contributed by atoms with Crippen molar-refractivity contribution in [3.8, 4) is 28.1 Å². The number of anilines is 1. The van der Waals surface area contributed by atoms with Gasteiger partial charge in [0.15, 0.2) is 0 Å². The molecule has 3 N–H and O–H groups in total. The zero-order valence-corrected chi connectivity index (χ0v) is 18.0. The Balaban J connectivity index is 0.00000128. The highest BCUT2D eigenvalue weighted by Gasteiger charge is 2.37. The van der Waals surface area contributed by atoms with Gasteiger partial charge in [-0.05, 0) is 48.9 Å². The molecular formula is C20H25Cl2N7O. The van der Waals surface area contributed by atoms with E-state index in [4.69, 9.17) is 0 Å². The molecule has 1 aromatic carbocycles. The molecule has 0 atom stereocenters. The predicted molar refractivity (Wildman–Crippen MR) is 120 cm³/mol. The van der Waals surface area contributed by atoms with Gasteiger partial charge in [-0.1, -0.05) is 6.07 Å². The fourth-order valence-corrected chi connectivity index (χ4v) is 4.28. The molecule has 0 unspecified atom stereocenters. The van der Waals surface area contributed by atoms with Crippen LogP contribution in [0.3, 0.4) is 0 Å². The molecule has 0 aliphatic carbocycles. The van der Waals surface area contributed by atoms with Gasteiger partial charge in [0, 0.05) is 37.0 Å². The van der Waals surface area contributed by atoms with Crippen molar-refractivity contribution in [2.45, 2.75) is 19.3 Å². The molecule has 0 saturated carbocycles. The van der Waals surface area contributed by atoms with E-state index in [0.717, 1.165) is 37.3 Å². The van der Waals surface area contributed by atoms with Gasteiger partial charge in [0.05, 0.1) is 12.4 Å². The molecule has 4 heterocycles. The largest absolute Gasteiger partial charge is 0.507 e. The van der Waals surface area contributed by atoms with E-state index >= 15 is 0 Å². The van der Waals surface area contributed by atoms with E-state index in [0.29, 0.717) is 22.6 Å². The van der Waals surface area contributed by atoms with Crippen LogP contribution < -0.4 is 10.2 Å². The molecule has 5 rings (SSSR count). The quantitative estimate of drug-likeness (QED) is 0.564. The number of H-pyrrole nitrogens is 1. The highest BCUT2D eigenvalue weighted by molar-refractivity contribution is 5.85. The van der Waals surface area contributed by atoms with Crippen LogP contribution in [0, 0.1) is 5.41 Å². The highest BCUT2D eigenvalue weighted by Crippen LogP contribution is 2.38. The van der Waals surface area contributed by atoms with Gasteiger partial charge < -0.3 is 15.3 Å². The number of rotatable bonds is 3. The maximum Gasteiger partial charge on any atom is 0.245 e. The van der Waals surface area contributed by atoms with Crippen LogP contribution in [-0.2, 0) is 0 Å². The molecule has 2 aliphatic heterocycles.